The van der Waals surface area contributed by atoms with E-state index in [1.54, 1.807) is 12.1 Å². The van der Waals surface area contributed by atoms with Crippen molar-refractivity contribution in [3.05, 3.63) is 80.6 Å². The van der Waals surface area contributed by atoms with Crippen LogP contribution in [0.25, 0.3) is 10.9 Å². The van der Waals surface area contributed by atoms with Gasteiger partial charge in [0.05, 0.1) is 5.52 Å². The molecule has 0 bridgehead atoms. The number of amides is 1. The molecule has 1 amide bonds. The number of thioether (sulfide) groups is 1. The lowest BCUT2D eigenvalue weighted by atomic mass is 10.1. The molecular weight excluding hydrogens is 416 g/mol. The molecule has 0 aliphatic rings. The summed E-state index contributed by atoms with van der Waals surface area (Å²) in [6.45, 7) is 5.91. The molecule has 0 saturated heterocycles. The smallest absolute Gasteiger partial charge is 0.257 e. The summed E-state index contributed by atoms with van der Waals surface area (Å²) in [5, 5.41) is 12.1. The van der Waals surface area contributed by atoms with Crippen molar-refractivity contribution in [1.82, 2.24) is 15.2 Å². The van der Waals surface area contributed by atoms with Gasteiger partial charge >= 0.3 is 0 Å². The van der Waals surface area contributed by atoms with E-state index in [-0.39, 0.29) is 11.3 Å². The zero-order valence-electron chi connectivity index (χ0n) is 16.8. The summed E-state index contributed by atoms with van der Waals surface area (Å²) >= 11 is 2.78. The average molecular weight is 437 g/mol. The number of benzene rings is 2. The molecule has 4 aromatic rings. The summed E-state index contributed by atoms with van der Waals surface area (Å²) in [6.07, 6.45) is 0. The standard InChI is InChI=1S/C22H20N4O2S2/c1-12-5-4-6-15(8-12)20(28)24-21-25-26-22(30-21)29-11-16-10-18(27)19-14(3)7-13(2)9-17(19)23-16/h4-10H,11H2,1-3H3,(H,23,27)(H,24,25,28). The normalized spacial score (nSPS) is 11.0. The molecule has 2 aromatic carbocycles. The zero-order chi connectivity index (χ0) is 21.3. The van der Waals surface area contributed by atoms with Gasteiger partial charge in [0.25, 0.3) is 5.91 Å². The van der Waals surface area contributed by atoms with Crippen molar-refractivity contribution in [2.75, 3.05) is 5.32 Å². The third-order valence-corrected chi connectivity index (χ3v) is 6.61. The number of H-pyrrole nitrogens is 1. The molecule has 0 fully saturated rings. The molecule has 0 aliphatic heterocycles. The molecule has 2 heterocycles. The number of pyridine rings is 1. The van der Waals surface area contributed by atoms with Crippen LogP contribution in [0.2, 0.25) is 0 Å². The van der Waals surface area contributed by atoms with Crippen LogP contribution in [0, 0.1) is 20.8 Å². The summed E-state index contributed by atoms with van der Waals surface area (Å²) < 4.78 is 0.718. The maximum absolute atomic E-state index is 12.5. The number of aryl methyl sites for hydroxylation is 3. The van der Waals surface area contributed by atoms with E-state index in [1.807, 2.05) is 51.1 Å². The SMILES string of the molecule is Cc1cccc(C(=O)Nc2nnc(SCc3cc(=O)c4c(C)cc(C)cc4[nH]3)s2)c1. The summed E-state index contributed by atoms with van der Waals surface area (Å²) in [5.41, 5.74) is 5.37. The second kappa shape index (κ2) is 8.41. The molecule has 2 aromatic heterocycles. The van der Waals surface area contributed by atoms with Crippen LogP contribution >= 0.6 is 23.1 Å². The van der Waals surface area contributed by atoms with Crippen LogP contribution in [0.3, 0.4) is 0 Å². The summed E-state index contributed by atoms with van der Waals surface area (Å²) in [5.74, 6) is 0.342. The Kier molecular flexibility index (Phi) is 5.69. The van der Waals surface area contributed by atoms with Gasteiger partial charge in [-0.3, -0.25) is 14.9 Å². The highest BCUT2D eigenvalue weighted by Gasteiger charge is 2.12. The van der Waals surface area contributed by atoms with Gasteiger partial charge in [-0.05, 0) is 50.1 Å². The molecule has 0 radical (unpaired) electrons. The number of carbonyl (C=O) groups is 1. The van der Waals surface area contributed by atoms with E-state index >= 15 is 0 Å². The van der Waals surface area contributed by atoms with Gasteiger partial charge in [-0.25, -0.2) is 0 Å². The Labute approximate surface area is 181 Å². The minimum absolute atomic E-state index is 0.0141. The number of hydrogen-bond donors (Lipinski definition) is 2. The molecule has 30 heavy (non-hydrogen) atoms. The largest absolute Gasteiger partial charge is 0.357 e. The van der Waals surface area contributed by atoms with E-state index in [2.05, 4.69) is 20.5 Å². The first-order chi connectivity index (χ1) is 14.4. The number of anilines is 1. The second-order valence-corrected chi connectivity index (χ2v) is 9.35. The van der Waals surface area contributed by atoms with Gasteiger partial charge in [-0.15, -0.1) is 10.2 Å². The highest BCUT2D eigenvalue weighted by Crippen LogP contribution is 2.28. The van der Waals surface area contributed by atoms with Gasteiger partial charge < -0.3 is 4.98 Å². The van der Waals surface area contributed by atoms with Crippen LogP contribution < -0.4 is 10.7 Å². The van der Waals surface area contributed by atoms with Gasteiger partial charge in [-0.1, -0.05) is 46.9 Å². The van der Waals surface area contributed by atoms with Crippen LogP contribution in [0.4, 0.5) is 5.13 Å². The first-order valence-electron chi connectivity index (χ1n) is 9.36. The van der Waals surface area contributed by atoms with Gasteiger partial charge in [0.2, 0.25) is 5.13 Å². The predicted octanol–water partition coefficient (Wildman–Crippen LogP) is 4.85. The lowest BCUT2D eigenvalue weighted by molar-refractivity contribution is 0.102. The van der Waals surface area contributed by atoms with Crippen LogP contribution in [0.5, 0.6) is 0 Å². The number of fused-ring (bicyclic) bond motifs is 1. The number of carbonyl (C=O) groups excluding carboxylic acids is 1. The molecule has 152 valence electrons. The van der Waals surface area contributed by atoms with Gasteiger partial charge in [-0.2, -0.15) is 0 Å². The van der Waals surface area contributed by atoms with Crippen LogP contribution in [-0.2, 0) is 5.75 Å². The molecular formula is C22H20N4O2S2. The Morgan fingerprint density at radius 3 is 2.73 bits per heavy atom. The Hall–Kier alpha value is -2.97. The minimum Gasteiger partial charge on any atom is -0.357 e. The van der Waals surface area contributed by atoms with Gasteiger partial charge in [0.15, 0.2) is 9.77 Å². The van der Waals surface area contributed by atoms with Crippen LogP contribution in [-0.4, -0.2) is 21.1 Å². The minimum atomic E-state index is -0.212. The van der Waals surface area contributed by atoms with E-state index in [0.717, 1.165) is 37.6 Å². The summed E-state index contributed by atoms with van der Waals surface area (Å²) in [6, 6.07) is 13.0. The van der Waals surface area contributed by atoms with Crippen molar-refractivity contribution in [1.29, 1.82) is 0 Å². The van der Waals surface area contributed by atoms with Gasteiger partial charge in [0, 0.05) is 28.5 Å². The highest BCUT2D eigenvalue weighted by molar-refractivity contribution is 8.00. The first-order valence-corrected chi connectivity index (χ1v) is 11.2. The zero-order valence-corrected chi connectivity index (χ0v) is 18.4. The average Bonchev–Trinajstić information content (AvgIpc) is 3.13. The Bertz CT molecular complexity index is 1310. The molecule has 0 unspecified atom stereocenters. The van der Waals surface area contributed by atoms with Crippen molar-refractivity contribution in [2.24, 2.45) is 0 Å². The van der Waals surface area contributed by atoms with Crippen molar-refractivity contribution >= 4 is 45.0 Å². The first kappa shape index (κ1) is 20.3. The fraction of sp³-hybridized carbons (Fsp3) is 0.182. The molecule has 0 atom stereocenters. The Balaban J connectivity index is 1.46. The fourth-order valence-electron chi connectivity index (χ4n) is 3.32. The maximum atomic E-state index is 12.5. The van der Waals surface area contributed by atoms with E-state index in [9.17, 15) is 9.59 Å². The summed E-state index contributed by atoms with van der Waals surface area (Å²) in [7, 11) is 0. The van der Waals surface area contributed by atoms with E-state index in [1.165, 1.54) is 23.1 Å². The number of aromatic amines is 1. The number of nitrogens with zero attached hydrogens (tertiary/aromatic N) is 2. The van der Waals surface area contributed by atoms with Gasteiger partial charge in [0.1, 0.15) is 0 Å². The molecule has 8 heteroatoms. The number of rotatable bonds is 5. The van der Waals surface area contributed by atoms with Crippen molar-refractivity contribution in [3.63, 3.8) is 0 Å². The molecule has 2 N–H and O–H groups in total. The lowest BCUT2D eigenvalue weighted by Gasteiger charge is -2.07. The highest BCUT2D eigenvalue weighted by atomic mass is 32.2. The molecule has 0 spiro atoms. The number of aromatic nitrogens is 3. The van der Waals surface area contributed by atoms with Crippen molar-refractivity contribution in [2.45, 2.75) is 30.9 Å². The third-order valence-electron chi connectivity index (χ3n) is 4.59. The molecule has 0 aliphatic carbocycles. The van der Waals surface area contributed by atoms with Crippen molar-refractivity contribution < 1.29 is 4.79 Å². The van der Waals surface area contributed by atoms with Crippen LogP contribution in [0.15, 0.2) is 51.6 Å². The fourth-order valence-corrected chi connectivity index (χ4v) is 4.98. The third kappa shape index (κ3) is 4.44. The maximum Gasteiger partial charge on any atom is 0.257 e. The topological polar surface area (TPSA) is 87.7 Å². The van der Waals surface area contributed by atoms with E-state index in [0.29, 0.717) is 16.4 Å². The predicted molar refractivity (Wildman–Crippen MR) is 123 cm³/mol. The van der Waals surface area contributed by atoms with E-state index < -0.39 is 0 Å². The van der Waals surface area contributed by atoms with Crippen LogP contribution in [0.1, 0.15) is 32.7 Å². The Morgan fingerprint density at radius 1 is 1.10 bits per heavy atom. The van der Waals surface area contributed by atoms with Crippen molar-refractivity contribution in [3.8, 4) is 0 Å². The summed E-state index contributed by atoms with van der Waals surface area (Å²) in [4.78, 5) is 28.2. The van der Waals surface area contributed by atoms with E-state index in [4.69, 9.17) is 0 Å². The quantitative estimate of drug-likeness (QED) is 0.345. The Morgan fingerprint density at radius 2 is 1.93 bits per heavy atom. The molecule has 4 rings (SSSR count). The number of hydrogen-bond acceptors (Lipinski definition) is 6. The lowest BCUT2D eigenvalue weighted by Crippen LogP contribution is -2.11. The molecule has 0 saturated carbocycles. The monoisotopic (exact) mass is 436 g/mol. The second-order valence-electron chi connectivity index (χ2n) is 7.15. The molecule has 6 nitrogen and oxygen atoms in total. The number of nitrogens with one attached hydrogen (secondary N) is 2.